The molecule has 0 spiro atoms. The van der Waals surface area contributed by atoms with Gasteiger partial charge in [0.05, 0.1) is 0 Å². The van der Waals surface area contributed by atoms with Crippen molar-refractivity contribution < 1.29 is 9.59 Å². The van der Waals surface area contributed by atoms with E-state index in [0.29, 0.717) is 38.8 Å². The quantitative estimate of drug-likeness (QED) is 0.748. The fourth-order valence-electron chi connectivity index (χ4n) is 2.55. The van der Waals surface area contributed by atoms with Crippen molar-refractivity contribution in [2.45, 2.75) is 32.1 Å². The molecule has 0 unspecified atom stereocenters. The van der Waals surface area contributed by atoms with Crippen LogP contribution in [0.5, 0.6) is 0 Å². The van der Waals surface area contributed by atoms with Gasteiger partial charge in [-0.05, 0) is 37.4 Å². The lowest BCUT2D eigenvalue weighted by Gasteiger charge is -2.17. The maximum absolute atomic E-state index is 12.2. The van der Waals surface area contributed by atoms with Crippen molar-refractivity contribution in [2.24, 2.45) is 5.73 Å². The first-order valence-electron chi connectivity index (χ1n) is 7.57. The van der Waals surface area contributed by atoms with Gasteiger partial charge in [-0.15, -0.1) is 12.4 Å². The highest BCUT2D eigenvalue weighted by atomic mass is 35.5. The van der Waals surface area contributed by atoms with E-state index in [-0.39, 0.29) is 24.2 Å². The molecule has 1 aliphatic rings. The molecule has 3 N–H and O–H groups in total. The lowest BCUT2D eigenvalue weighted by molar-refractivity contribution is -0.122. The van der Waals surface area contributed by atoms with Crippen molar-refractivity contribution in [3.05, 3.63) is 29.8 Å². The first-order valence-corrected chi connectivity index (χ1v) is 7.57. The number of hydrogen-bond acceptors (Lipinski definition) is 3. The highest BCUT2D eigenvalue weighted by Gasteiger charge is 2.23. The molecule has 22 heavy (non-hydrogen) atoms. The molecular weight excluding hydrogens is 302 g/mol. The van der Waals surface area contributed by atoms with Gasteiger partial charge in [0.25, 0.3) is 0 Å². The molecule has 6 heteroatoms. The van der Waals surface area contributed by atoms with E-state index in [0.717, 1.165) is 18.7 Å². The van der Waals surface area contributed by atoms with Crippen LogP contribution in [-0.2, 0) is 16.0 Å². The Balaban J connectivity index is 0.00000242. The standard InChI is InChI=1S/C16H23N3O2.ClH/c17-10-3-7-15(20)18-11-4-8-16(21)19-12-9-13-5-1-2-6-14(13)19;/h1-2,5-6H,3-4,7-12,17H2,(H,18,20);1H. The van der Waals surface area contributed by atoms with Crippen molar-refractivity contribution in [3.8, 4) is 0 Å². The molecule has 0 saturated heterocycles. The Hall–Kier alpha value is -1.59. The van der Waals surface area contributed by atoms with Gasteiger partial charge in [0.15, 0.2) is 0 Å². The molecule has 1 aliphatic heterocycles. The summed E-state index contributed by atoms with van der Waals surface area (Å²) in [7, 11) is 0. The SMILES string of the molecule is Cl.NCCCC(=O)NCCCC(=O)N1CCc2ccccc21. The van der Waals surface area contributed by atoms with Gasteiger partial charge in [-0.2, -0.15) is 0 Å². The lowest BCUT2D eigenvalue weighted by atomic mass is 10.2. The number of nitrogens with two attached hydrogens (primary N) is 1. The van der Waals surface area contributed by atoms with E-state index in [2.05, 4.69) is 11.4 Å². The largest absolute Gasteiger partial charge is 0.356 e. The normalized spacial score (nSPS) is 12.5. The van der Waals surface area contributed by atoms with Crippen LogP contribution in [0.25, 0.3) is 0 Å². The number of carbonyl (C=O) groups excluding carboxylic acids is 2. The smallest absolute Gasteiger partial charge is 0.227 e. The number of nitrogens with one attached hydrogen (secondary N) is 1. The summed E-state index contributed by atoms with van der Waals surface area (Å²) >= 11 is 0. The molecule has 0 aliphatic carbocycles. The number of nitrogens with zero attached hydrogens (tertiary/aromatic N) is 1. The Morgan fingerprint density at radius 2 is 1.95 bits per heavy atom. The molecule has 0 atom stereocenters. The van der Waals surface area contributed by atoms with E-state index in [1.165, 1.54) is 5.56 Å². The Labute approximate surface area is 137 Å². The van der Waals surface area contributed by atoms with Crippen LogP contribution in [0.1, 0.15) is 31.2 Å². The van der Waals surface area contributed by atoms with Crippen molar-refractivity contribution >= 4 is 29.9 Å². The van der Waals surface area contributed by atoms with Gasteiger partial charge in [-0.3, -0.25) is 9.59 Å². The second kappa shape index (κ2) is 9.43. The van der Waals surface area contributed by atoms with Gasteiger partial charge in [0, 0.05) is 31.6 Å². The zero-order valence-electron chi connectivity index (χ0n) is 12.7. The zero-order chi connectivity index (χ0) is 15.1. The number of fused-ring (bicyclic) bond motifs is 1. The van der Waals surface area contributed by atoms with Crippen molar-refractivity contribution in [1.82, 2.24) is 5.32 Å². The molecule has 0 fully saturated rings. The fraction of sp³-hybridized carbons (Fsp3) is 0.500. The van der Waals surface area contributed by atoms with Crippen molar-refractivity contribution in [3.63, 3.8) is 0 Å². The van der Waals surface area contributed by atoms with Crippen LogP contribution in [0.3, 0.4) is 0 Å². The molecule has 0 bridgehead atoms. The monoisotopic (exact) mass is 325 g/mol. The number of para-hydroxylation sites is 1. The summed E-state index contributed by atoms with van der Waals surface area (Å²) in [5.74, 6) is 0.149. The number of amides is 2. The van der Waals surface area contributed by atoms with E-state index < -0.39 is 0 Å². The molecule has 0 aromatic heterocycles. The predicted molar refractivity (Wildman–Crippen MR) is 90.3 cm³/mol. The van der Waals surface area contributed by atoms with Crippen LogP contribution < -0.4 is 16.0 Å². The average Bonchev–Trinajstić information content (AvgIpc) is 2.93. The van der Waals surface area contributed by atoms with E-state index >= 15 is 0 Å². The van der Waals surface area contributed by atoms with Gasteiger partial charge < -0.3 is 16.0 Å². The Morgan fingerprint density at radius 3 is 2.73 bits per heavy atom. The number of benzene rings is 1. The molecule has 1 aromatic carbocycles. The fourth-order valence-corrected chi connectivity index (χ4v) is 2.55. The molecule has 2 amide bonds. The van der Waals surface area contributed by atoms with Crippen LogP contribution in [0.4, 0.5) is 5.69 Å². The second-order valence-corrected chi connectivity index (χ2v) is 5.27. The van der Waals surface area contributed by atoms with E-state index in [1.807, 2.05) is 23.1 Å². The van der Waals surface area contributed by atoms with Gasteiger partial charge in [0.1, 0.15) is 0 Å². The summed E-state index contributed by atoms with van der Waals surface area (Å²) in [6, 6.07) is 8.03. The molecule has 1 heterocycles. The van der Waals surface area contributed by atoms with E-state index in [9.17, 15) is 9.59 Å². The minimum Gasteiger partial charge on any atom is -0.356 e. The number of halogens is 1. The van der Waals surface area contributed by atoms with E-state index in [4.69, 9.17) is 5.73 Å². The molecule has 122 valence electrons. The minimum absolute atomic E-state index is 0. The molecule has 0 radical (unpaired) electrons. The number of rotatable bonds is 7. The van der Waals surface area contributed by atoms with Crippen LogP contribution in [0.15, 0.2) is 24.3 Å². The summed E-state index contributed by atoms with van der Waals surface area (Å²) in [6.07, 6.45) is 3.23. The Morgan fingerprint density at radius 1 is 1.18 bits per heavy atom. The maximum Gasteiger partial charge on any atom is 0.227 e. The maximum atomic E-state index is 12.2. The molecule has 0 saturated carbocycles. The highest BCUT2D eigenvalue weighted by Crippen LogP contribution is 2.27. The van der Waals surface area contributed by atoms with Crippen molar-refractivity contribution in [1.29, 1.82) is 0 Å². The summed E-state index contributed by atoms with van der Waals surface area (Å²) < 4.78 is 0. The molecular formula is C16H24ClN3O2. The van der Waals surface area contributed by atoms with Gasteiger partial charge in [-0.25, -0.2) is 0 Å². The van der Waals surface area contributed by atoms with Gasteiger partial charge >= 0.3 is 0 Å². The summed E-state index contributed by atoms with van der Waals surface area (Å²) in [6.45, 7) is 1.84. The van der Waals surface area contributed by atoms with Crippen LogP contribution in [-0.4, -0.2) is 31.4 Å². The lowest BCUT2D eigenvalue weighted by Crippen LogP contribution is -2.30. The first-order chi connectivity index (χ1) is 10.2. The van der Waals surface area contributed by atoms with E-state index in [1.54, 1.807) is 0 Å². The third-order valence-corrected chi connectivity index (χ3v) is 3.69. The Bertz CT molecular complexity index is 508. The van der Waals surface area contributed by atoms with Crippen LogP contribution >= 0.6 is 12.4 Å². The van der Waals surface area contributed by atoms with Crippen LogP contribution in [0.2, 0.25) is 0 Å². The third kappa shape index (κ3) is 5.00. The topological polar surface area (TPSA) is 75.4 Å². The molecule has 2 rings (SSSR count). The summed E-state index contributed by atoms with van der Waals surface area (Å²) in [4.78, 5) is 25.5. The van der Waals surface area contributed by atoms with Gasteiger partial charge in [0.2, 0.25) is 11.8 Å². The highest BCUT2D eigenvalue weighted by molar-refractivity contribution is 5.95. The number of carbonyl (C=O) groups is 2. The summed E-state index contributed by atoms with van der Waals surface area (Å²) in [5, 5.41) is 2.82. The number of anilines is 1. The second-order valence-electron chi connectivity index (χ2n) is 5.27. The third-order valence-electron chi connectivity index (χ3n) is 3.69. The molecule has 5 nitrogen and oxygen atoms in total. The minimum atomic E-state index is 0. The molecule has 1 aromatic rings. The average molecular weight is 326 g/mol. The predicted octanol–water partition coefficient (Wildman–Crippen LogP) is 1.63. The Kier molecular flexibility index (Phi) is 7.91. The zero-order valence-corrected chi connectivity index (χ0v) is 13.5. The first kappa shape index (κ1) is 18.5. The number of hydrogen-bond donors (Lipinski definition) is 2. The summed E-state index contributed by atoms with van der Waals surface area (Å²) in [5.41, 5.74) is 7.62. The van der Waals surface area contributed by atoms with Gasteiger partial charge in [-0.1, -0.05) is 18.2 Å². The van der Waals surface area contributed by atoms with Crippen molar-refractivity contribution in [2.75, 3.05) is 24.5 Å². The van der Waals surface area contributed by atoms with Crippen LogP contribution in [0, 0.1) is 0 Å².